The smallest absolute Gasteiger partial charge is 0.163 e. The SMILES string of the molecule is Cc1ccc(C(=O)CCC(C)N)c(C)c1C. The van der Waals surface area contributed by atoms with E-state index in [4.69, 9.17) is 5.73 Å². The number of carbonyl (C=O) groups is 1. The maximum absolute atomic E-state index is 12.0. The van der Waals surface area contributed by atoms with Crippen LogP contribution in [0.15, 0.2) is 12.1 Å². The summed E-state index contributed by atoms with van der Waals surface area (Å²) in [7, 11) is 0. The van der Waals surface area contributed by atoms with E-state index in [1.165, 1.54) is 11.1 Å². The van der Waals surface area contributed by atoms with Crippen molar-refractivity contribution in [2.24, 2.45) is 5.73 Å². The lowest BCUT2D eigenvalue weighted by Gasteiger charge is -2.11. The Morgan fingerprint density at radius 3 is 2.44 bits per heavy atom. The Hall–Kier alpha value is -1.15. The summed E-state index contributed by atoms with van der Waals surface area (Å²) in [4.78, 5) is 12.0. The molecule has 2 nitrogen and oxygen atoms in total. The van der Waals surface area contributed by atoms with Crippen LogP contribution < -0.4 is 5.73 Å². The van der Waals surface area contributed by atoms with Gasteiger partial charge in [0, 0.05) is 18.0 Å². The predicted molar refractivity (Wildman–Crippen MR) is 67.9 cm³/mol. The van der Waals surface area contributed by atoms with Gasteiger partial charge in [-0.25, -0.2) is 0 Å². The minimum atomic E-state index is 0.0933. The number of hydrogen-bond acceptors (Lipinski definition) is 2. The fourth-order valence-electron chi connectivity index (χ4n) is 1.75. The average Bonchev–Trinajstić information content (AvgIpc) is 2.23. The van der Waals surface area contributed by atoms with Gasteiger partial charge in [-0.2, -0.15) is 0 Å². The molecule has 0 heterocycles. The lowest BCUT2D eigenvalue weighted by molar-refractivity contribution is 0.0977. The maximum atomic E-state index is 12.0. The third kappa shape index (κ3) is 2.92. The highest BCUT2D eigenvalue weighted by Crippen LogP contribution is 2.19. The Kier molecular flexibility index (Phi) is 4.25. The standard InChI is InChI=1S/C14H21NO/c1-9-5-7-13(12(4)11(9)3)14(16)8-6-10(2)15/h5,7,10H,6,8,15H2,1-4H3. The van der Waals surface area contributed by atoms with Crippen LogP contribution in [0.2, 0.25) is 0 Å². The molecular formula is C14H21NO. The second-order valence-corrected chi connectivity index (χ2v) is 4.62. The van der Waals surface area contributed by atoms with Crippen LogP contribution in [0.25, 0.3) is 0 Å². The Labute approximate surface area is 97.9 Å². The molecule has 0 bridgehead atoms. The molecule has 2 N–H and O–H groups in total. The van der Waals surface area contributed by atoms with Gasteiger partial charge in [-0.05, 0) is 50.8 Å². The van der Waals surface area contributed by atoms with Crippen molar-refractivity contribution in [2.75, 3.05) is 0 Å². The van der Waals surface area contributed by atoms with Crippen LogP contribution in [0.5, 0.6) is 0 Å². The summed E-state index contributed by atoms with van der Waals surface area (Å²) in [6.07, 6.45) is 1.30. The van der Waals surface area contributed by atoms with Gasteiger partial charge in [0.05, 0.1) is 0 Å². The predicted octanol–water partition coefficient (Wildman–Crippen LogP) is 2.92. The van der Waals surface area contributed by atoms with Gasteiger partial charge < -0.3 is 5.73 Å². The minimum Gasteiger partial charge on any atom is -0.328 e. The summed E-state index contributed by atoms with van der Waals surface area (Å²) in [6.45, 7) is 8.08. The lowest BCUT2D eigenvalue weighted by Crippen LogP contribution is -2.16. The molecular weight excluding hydrogens is 198 g/mol. The third-order valence-corrected chi connectivity index (χ3v) is 3.19. The quantitative estimate of drug-likeness (QED) is 0.791. The summed E-state index contributed by atoms with van der Waals surface area (Å²) in [5, 5.41) is 0. The molecule has 0 saturated heterocycles. The molecule has 0 aliphatic carbocycles. The molecule has 1 atom stereocenters. The molecule has 0 aliphatic heterocycles. The van der Waals surface area contributed by atoms with Gasteiger partial charge in [0.1, 0.15) is 0 Å². The zero-order valence-corrected chi connectivity index (χ0v) is 10.6. The highest BCUT2D eigenvalue weighted by Gasteiger charge is 2.11. The number of carbonyl (C=O) groups excluding carboxylic acids is 1. The van der Waals surface area contributed by atoms with Crippen LogP contribution in [0.1, 0.15) is 46.8 Å². The maximum Gasteiger partial charge on any atom is 0.163 e. The summed E-state index contributed by atoms with van der Waals surface area (Å²) in [6, 6.07) is 4.04. The van der Waals surface area contributed by atoms with E-state index in [0.717, 1.165) is 17.5 Å². The number of benzene rings is 1. The number of rotatable bonds is 4. The molecule has 1 aromatic rings. The Morgan fingerprint density at radius 2 is 1.88 bits per heavy atom. The molecule has 88 valence electrons. The van der Waals surface area contributed by atoms with Crippen molar-refractivity contribution in [3.05, 3.63) is 34.4 Å². The van der Waals surface area contributed by atoms with Crippen LogP contribution in [-0.4, -0.2) is 11.8 Å². The number of ketones is 1. The normalized spacial score (nSPS) is 12.6. The molecule has 0 saturated carbocycles. The zero-order valence-electron chi connectivity index (χ0n) is 10.6. The van der Waals surface area contributed by atoms with Gasteiger partial charge >= 0.3 is 0 Å². The molecule has 2 heteroatoms. The first-order valence-corrected chi connectivity index (χ1v) is 5.79. The van der Waals surface area contributed by atoms with E-state index in [0.29, 0.717) is 6.42 Å². The highest BCUT2D eigenvalue weighted by molar-refractivity contribution is 5.97. The van der Waals surface area contributed by atoms with Gasteiger partial charge in [0.15, 0.2) is 5.78 Å². The van der Waals surface area contributed by atoms with Crippen molar-refractivity contribution in [3.63, 3.8) is 0 Å². The number of aryl methyl sites for hydroxylation is 1. The number of Topliss-reactive ketones (excluding diaryl/α,β-unsaturated/α-hetero) is 1. The molecule has 16 heavy (non-hydrogen) atoms. The van der Waals surface area contributed by atoms with Gasteiger partial charge in [-0.15, -0.1) is 0 Å². The van der Waals surface area contributed by atoms with Gasteiger partial charge in [0.25, 0.3) is 0 Å². The fourth-order valence-corrected chi connectivity index (χ4v) is 1.75. The first-order valence-electron chi connectivity index (χ1n) is 5.79. The van der Waals surface area contributed by atoms with E-state index in [2.05, 4.69) is 13.8 Å². The van der Waals surface area contributed by atoms with Crippen molar-refractivity contribution in [1.82, 2.24) is 0 Å². The zero-order chi connectivity index (χ0) is 12.3. The third-order valence-electron chi connectivity index (χ3n) is 3.19. The molecule has 0 spiro atoms. The van der Waals surface area contributed by atoms with Crippen LogP contribution >= 0.6 is 0 Å². The van der Waals surface area contributed by atoms with Gasteiger partial charge in [-0.1, -0.05) is 12.1 Å². The van der Waals surface area contributed by atoms with Crippen LogP contribution in [0.4, 0.5) is 0 Å². The second-order valence-electron chi connectivity index (χ2n) is 4.62. The number of hydrogen-bond donors (Lipinski definition) is 1. The molecule has 0 fully saturated rings. The van der Waals surface area contributed by atoms with E-state index in [1.807, 2.05) is 26.0 Å². The first kappa shape index (κ1) is 12.9. The van der Waals surface area contributed by atoms with E-state index in [9.17, 15) is 4.79 Å². The Bertz CT molecular complexity index is 394. The topological polar surface area (TPSA) is 43.1 Å². The number of nitrogens with two attached hydrogens (primary N) is 1. The molecule has 1 rings (SSSR count). The Morgan fingerprint density at radius 1 is 1.25 bits per heavy atom. The van der Waals surface area contributed by atoms with Crippen molar-refractivity contribution in [2.45, 2.75) is 46.6 Å². The molecule has 1 unspecified atom stereocenters. The van der Waals surface area contributed by atoms with Gasteiger partial charge in [-0.3, -0.25) is 4.79 Å². The molecule has 1 aromatic carbocycles. The van der Waals surface area contributed by atoms with Crippen molar-refractivity contribution < 1.29 is 4.79 Å². The summed E-state index contributed by atoms with van der Waals surface area (Å²) in [5.74, 6) is 0.206. The van der Waals surface area contributed by atoms with E-state index in [1.54, 1.807) is 0 Å². The minimum absolute atomic E-state index is 0.0933. The first-order chi connectivity index (χ1) is 7.43. The highest BCUT2D eigenvalue weighted by atomic mass is 16.1. The van der Waals surface area contributed by atoms with Crippen molar-refractivity contribution >= 4 is 5.78 Å². The molecule has 0 radical (unpaired) electrons. The summed E-state index contributed by atoms with van der Waals surface area (Å²) < 4.78 is 0. The van der Waals surface area contributed by atoms with E-state index < -0.39 is 0 Å². The molecule has 0 aromatic heterocycles. The summed E-state index contributed by atoms with van der Waals surface area (Å²) in [5.41, 5.74) is 10.1. The molecule has 0 amide bonds. The van der Waals surface area contributed by atoms with Gasteiger partial charge in [0.2, 0.25) is 0 Å². The second kappa shape index (κ2) is 5.26. The average molecular weight is 219 g/mol. The van der Waals surface area contributed by atoms with E-state index >= 15 is 0 Å². The van der Waals surface area contributed by atoms with Crippen LogP contribution in [0.3, 0.4) is 0 Å². The van der Waals surface area contributed by atoms with E-state index in [-0.39, 0.29) is 11.8 Å². The molecule has 0 aliphatic rings. The summed E-state index contributed by atoms with van der Waals surface area (Å²) >= 11 is 0. The Balaban J connectivity index is 2.88. The fraction of sp³-hybridized carbons (Fsp3) is 0.500. The van der Waals surface area contributed by atoms with Crippen LogP contribution in [0, 0.1) is 20.8 Å². The van der Waals surface area contributed by atoms with Crippen LogP contribution in [-0.2, 0) is 0 Å². The largest absolute Gasteiger partial charge is 0.328 e. The lowest BCUT2D eigenvalue weighted by atomic mass is 9.94. The van der Waals surface area contributed by atoms with Crippen molar-refractivity contribution in [3.8, 4) is 0 Å². The van der Waals surface area contributed by atoms with Crippen molar-refractivity contribution in [1.29, 1.82) is 0 Å². The monoisotopic (exact) mass is 219 g/mol.